The number of rotatable bonds is 7. The van der Waals surface area contributed by atoms with Crippen molar-refractivity contribution in [2.24, 2.45) is 0 Å². The average Bonchev–Trinajstić information content (AvgIpc) is 3.33. The first-order valence-corrected chi connectivity index (χ1v) is 11.9. The topological polar surface area (TPSA) is 104 Å². The normalized spacial score (nSPS) is 11.5. The number of aryl methyl sites for hydroxylation is 2. The van der Waals surface area contributed by atoms with Crippen molar-refractivity contribution in [3.63, 3.8) is 0 Å². The first-order valence-electron chi connectivity index (χ1n) is 11.5. The lowest BCUT2D eigenvalue weighted by atomic mass is 10.0. The van der Waals surface area contributed by atoms with Crippen LogP contribution in [0.3, 0.4) is 0 Å². The van der Waals surface area contributed by atoms with Gasteiger partial charge in [0.25, 0.3) is 5.56 Å². The molecule has 4 aromatic heterocycles. The van der Waals surface area contributed by atoms with Gasteiger partial charge in [0.15, 0.2) is 11.6 Å². The Bertz CT molecular complexity index is 1600. The van der Waals surface area contributed by atoms with E-state index in [4.69, 9.17) is 16.3 Å². The highest BCUT2D eigenvalue weighted by molar-refractivity contribution is 6.31. The number of halogens is 3. The highest BCUT2D eigenvalue weighted by Crippen LogP contribution is 2.26. The van der Waals surface area contributed by atoms with E-state index in [0.717, 1.165) is 6.20 Å². The zero-order valence-corrected chi connectivity index (χ0v) is 22.1. The van der Waals surface area contributed by atoms with Crippen molar-refractivity contribution in [3.05, 3.63) is 92.5 Å². The van der Waals surface area contributed by atoms with Crippen molar-refractivity contribution in [1.29, 1.82) is 0 Å². The van der Waals surface area contributed by atoms with Crippen LogP contribution in [-0.4, -0.2) is 30.2 Å². The molecule has 0 radical (unpaired) electrons. The number of ether oxygens (including phenoxy) is 1. The van der Waals surface area contributed by atoms with Crippen molar-refractivity contribution in [2.75, 3.05) is 0 Å². The smallest absolute Gasteiger partial charge is 0.277 e. The van der Waals surface area contributed by atoms with Crippen LogP contribution >= 0.6 is 11.6 Å². The zero-order valence-electron chi connectivity index (χ0n) is 21.3. The summed E-state index contributed by atoms with van der Waals surface area (Å²) in [6.45, 7) is 8.26. The van der Waals surface area contributed by atoms with Gasteiger partial charge >= 0.3 is 0 Å². The Labute approximate surface area is 222 Å². The molecule has 1 N–H and O–H groups in total. The van der Waals surface area contributed by atoms with E-state index in [0.29, 0.717) is 34.5 Å². The lowest BCUT2D eigenvalue weighted by molar-refractivity contribution is -0.120. The molecule has 0 aliphatic rings. The minimum Gasteiger partial charge on any atom is -0.485 e. The Morgan fingerprint density at radius 3 is 2.58 bits per heavy atom. The van der Waals surface area contributed by atoms with Crippen LogP contribution in [0.4, 0.5) is 8.78 Å². The number of nitrogens with zero attached hydrogens (tertiary/aromatic N) is 5. The number of carbonyl (C=O) groups is 1. The summed E-state index contributed by atoms with van der Waals surface area (Å²) in [5, 5.41) is 7.19. The van der Waals surface area contributed by atoms with E-state index in [1.807, 2.05) is 13.8 Å². The third kappa shape index (κ3) is 5.42. The fraction of sp³-hybridized carbons (Fsp3) is 0.269. The quantitative estimate of drug-likeness (QED) is 0.373. The molecule has 12 heteroatoms. The van der Waals surface area contributed by atoms with Crippen LogP contribution in [0.1, 0.15) is 43.4 Å². The van der Waals surface area contributed by atoms with Crippen LogP contribution in [0.5, 0.6) is 5.75 Å². The van der Waals surface area contributed by atoms with Crippen LogP contribution in [0, 0.1) is 25.5 Å². The fourth-order valence-electron chi connectivity index (χ4n) is 3.94. The Morgan fingerprint density at radius 2 is 1.89 bits per heavy atom. The number of hydrogen-bond donors (Lipinski definition) is 1. The van der Waals surface area contributed by atoms with Crippen LogP contribution < -0.4 is 15.6 Å². The molecule has 0 bridgehead atoms. The lowest BCUT2D eigenvalue weighted by Crippen LogP contribution is -2.40. The van der Waals surface area contributed by atoms with Crippen molar-refractivity contribution >= 4 is 17.5 Å². The molecule has 198 valence electrons. The van der Waals surface area contributed by atoms with Gasteiger partial charge < -0.3 is 10.1 Å². The number of carbonyl (C=O) groups excluding carboxylic acids is 1. The van der Waals surface area contributed by atoms with Crippen molar-refractivity contribution in [3.8, 4) is 17.3 Å². The molecule has 0 spiro atoms. The predicted octanol–water partition coefficient (Wildman–Crippen LogP) is 4.31. The number of hydrogen-bond acceptors (Lipinski definition) is 6. The van der Waals surface area contributed by atoms with E-state index in [9.17, 15) is 18.4 Å². The molecular formula is C26H25ClF2N6O3. The van der Waals surface area contributed by atoms with Gasteiger partial charge in [-0.2, -0.15) is 5.10 Å². The predicted molar refractivity (Wildman–Crippen MR) is 137 cm³/mol. The van der Waals surface area contributed by atoms with Crippen LogP contribution in [0.25, 0.3) is 11.5 Å². The Hall–Kier alpha value is -4.12. The molecule has 0 aliphatic carbocycles. The third-order valence-electron chi connectivity index (χ3n) is 5.80. The van der Waals surface area contributed by atoms with E-state index in [2.05, 4.69) is 20.4 Å². The summed E-state index contributed by atoms with van der Waals surface area (Å²) in [6.07, 6.45) is 4.19. The molecule has 0 aliphatic heterocycles. The fourth-order valence-corrected chi connectivity index (χ4v) is 4.13. The average molecular weight is 543 g/mol. The number of nitrogens with one attached hydrogen (secondary N) is 1. The van der Waals surface area contributed by atoms with Gasteiger partial charge in [0, 0.05) is 43.2 Å². The third-order valence-corrected chi connectivity index (χ3v) is 6.15. The summed E-state index contributed by atoms with van der Waals surface area (Å²) in [5.41, 5.74) is 0.967. The Kier molecular flexibility index (Phi) is 7.32. The molecule has 38 heavy (non-hydrogen) atoms. The molecule has 0 unspecified atom stereocenters. The SMILES string of the molecule is CC(=O)NC(C)(C)c1ccn(-c2cc(-n3c(C)cc(OCc4ncc(F)cc4F)c(Cl)c3=O)c(C)cn2)n1. The molecule has 0 fully saturated rings. The van der Waals surface area contributed by atoms with Gasteiger partial charge in [-0.3, -0.25) is 19.1 Å². The van der Waals surface area contributed by atoms with E-state index in [-0.39, 0.29) is 29.0 Å². The molecule has 1 amide bonds. The van der Waals surface area contributed by atoms with E-state index < -0.39 is 22.7 Å². The van der Waals surface area contributed by atoms with Crippen LogP contribution in [0.2, 0.25) is 5.02 Å². The molecule has 4 rings (SSSR count). The highest BCUT2D eigenvalue weighted by Gasteiger charge is 2.25. The maximum Gasteiger partial charge on any atom is 0.277 e. The standard InChI is InChI=1S/C26H25ClF2N6O3/c1-14-11-31-23(34-7-6-22(33-34)26(4,5)32-16(3)36)10-20(14)35-15(2)8-21(24(27)25(35)37)38-13-19-18(29)9-17(28)12-30-19/h6-12H,13H2,1-5H3,(H,32,36). The second-order valence-electron chi connectivity index (χ2n) is 9.26. The minimum atomic E-state index is -0.867. The summed E-state index contributed by atoms with van der Waals surface area (Å²) in [4.78, 5) is 33.0. The van der Waals surface area contributed by atoms with Crippen molar-refractivity contribution in [1.82, 2.24) is 29.6 Å². The number of pyridine rings is 3. The molecule has 0 aromatic carbocycles. The molecule has 0 saturated carbocycles. The summed E-state index contributed by atoms with van der Waals surface area (Å²) < 4.78 is 35.6. The largest absolute Gasteiger partial charge is 0.485 e. The monoisotopic (exact) mass is 542 g/mol. The van der Waals surface area contributed by atoms with Crippen molar-refractivity contribution in [2.45, 2.75) is 46.8 Å². The van der Waals surface area contributed by atoms with Crippen LogP contribution in [-0.2, 0) is 16.9 Å². The molecule has 4 aromatic rings. The maximum absolute atomic E-state index is 13.9. The summed E-state index contributed by atoms with van der Waals surface area (Å²) in [5.74, 6) is -1.37. The first-order chi connectivity index (χ1) is 17.9. The van der Waals surface area contributed by atoms with Gasteiger partial charge in [0.05, 0.1) is 23.1 Å². The zero-order chi connectivity index (χ0) is 27.8. The van der Waals surface area contributed by atoms with E-state index in [1.54, 1.807) is 49.1 Å². The maximum atomic E-state index is 13.9. The molecule has 9 nitrogen and oxygen atoms in total. The molecule has 0 saturated heterocycles. The second-order valence-corrected chi connectivity index (χ2v) is 9.63. The Morgan fingerprint density at radius 1 is 1.16 bits per heavy atom. The summed E-state index contributed by atoms with van der Waals surface area (Å²) in [7, 11) is 0. The van der Waals surface area contributed by atoms with E-state index in [1.165, 1.54) is 11.5 Å². The van der Waals surface area contributed by atoms with Gasteiger partial charge in [-0.1, -0.05) is 11.6 Å². The number of aromatic nitrogens is 5. The first kappa shape index (κ1) is 26.9. The molecule has 0 atom stereocenters. The molecular weight excluding hydrogens is 518 g/mol. The second kappa shape index (κ2) is 10.3. The van der Waals surface area contributed by atoms with Gasteiger partial charge in [0.2, 0.25) is 5.91 Å². The van der Waals surface area contributed by atoms with Gasteiger partial charge in [-0.15, -0.1) is 0 Å². The van der Waals surface area contributed by atoms with Gasteiger partial charge in [-0.05, 0) is 39.3 Å². The Balaban J connectivity index is 1.68. The lowest BCUT2D eigenvalue weighted by Gasteiger charge is -2.23. The van der Waals surface area contributed by atoms with Crippen molar-refractivity contribution < 1.29 is 18.3 Å². The summed E-state index contributed by atoms with van der Waals surface area (Å²) >= 11 is 6.36. The highest BCUT2D eigenvalue weighted by atomic mass is 35.5. The van der Waals surface area contributed by atoms with Gasteiger partial charge in [0.1, 0.15) is 28.9 Å². The molecule has 4 heterocycles. The summed E-state index contributed by atoms with van der Waals surface area (Å²) in [6, 6.07) is 5.72. The minimum absolute atomic E-state index is 0.0415. The van der Waals surface area contributed by atoms with Gasteiger partial charge in [-0.25, -0.2) is 18.4 Å². The van der Waals surface area contributed by atoms with E-state index >= 15 is 0 Å². The number of amides is 1. The van der Waals surface area contributed by atoms with Crippen LogP contribution in [0.15, 0.2) is 47.7 Å².